The van der Waals surface area contributed by atoms with Gasteiger partial charge in [0.15, 0.2) is 0 Å². The standard InChI is InChI=1S/C63H41NO/c1-4-17-42(18-5-1)43-31-34-47(35-32-43)64(48-36-38-53-52-25-12-14-29-56(52)63(57(53)41-48,45-20-6-2-7-21-45)46-22-8-3-9-23-46)58-39-40-60-62(55-26-13-15-30-59(55)65-60)61(58)54-28-16-27-50-49-24-11-10-19-44(49)33-37-51(50)54/h1-41H. The zero-order chi connectivity index (χ0) is 42.9. The summed E-state index contributed by atoms with van der Waals surface area (Å²) in [6.07, 6.45) is 0. The molecule has 0 fully saturated rings. The van der Waals surface area contributed by atoms with E-state index in [1.165, 1.54) is 66.1 Å². The molecule has 0 spiro atoms. The van der Waals surface area contributed by atoms with Crippen molar-refractivity contribution in [2.45, 2.75) is 5.41 Å². The molecule has 1 heterocycles. The molecule has 13 rings (SSSR count). The van der Waals surface area contributed by atoms with Crippen molar-refractivity contribution in [2.24, 2.45) is 0 Å². The van der Waals surface area contributed by atoms with Crippen LogP contribution in [0.25, 0.3) is 76.9 Å². The number of rotatable bonds is 7. The highest BCUT2D eigenvalue weighted by molar-refractivity contribution is 6.21. The third-order valence-corrected chi connectivity index (χ3v) is 13.8. The average Bonchev–Trinajstić information content (AvgIpc) is 3.91. The molecular weight excluding hydrogens is 787 g/mol. The third kappa shape index (κ3) is 5.67. The smallest absolute Gasteiger partial charge is 0.136 e. The van der Waals surface area contributed by atoms with Gasteiger partial charge >= 0.3 is 0 Å². The normalized spacial score (nSPS) is 12.7. The van der Waals surface area contributed by atoms with Gasteiger partial charge in [-0.05, 0) is 114 Å². The molecule has 0 saturated heterocycles. The Morgan fingerprint density at radius 1 is 0.338 bits per heavy atom. The van der Waals surface area contributed by atoms with E-state index in [0.29, 0.717) is 0 Å². The van der Waals surface area contributed by atoms with Crippen LogP contribution in [0.1, 0.15) is 22.3 Å². The van der Waals surface area contributed by atoms with Crippen molar-refractivity contribution < 1.29 is 4.42 Å². The Balaban J connectivity index is 1.14. The van der Waals surface area contributed by atoms with Gasteiger partial charge in [-0.3, -0.25) is 0 Å². The van der Waals surface area contributed by atoms with Crippen LogP contribution in [0.4, 0.5) is 17.1 Å². The lowest BCUT2D eigenvalue weighted by Gasteiger charge is -2.35. The maximum atomic E-state index is 6.71. The molecular formula is C63H41NO. The number of hydrogen-bond acceptors (Lipinski definition) is 2. The van der Waals surface area contributed by atoms with Crippen LogP contribution in [0.5, 0.6) is 0 Å². The van der Waals surface area contributed by atoms with Gasteiger partial charge in [0, 0.05) is 27.7 Å². The molecule has 1 aliphatic rings. The quantitative estimate of drug-likeness (QED) is 0.149. The predicted molar refractivity (Wildman–Crippen MR) is 272 cm³/mol. The molecule has 12 aromatic rings. The third-order valence-electron chi connectivity index (χ3n) is 13.8. The summed E-state index contributed by atoms with van der Waals surface area (Å²) in [5.41, 5.74) is 16.5. The molecule has 0 aliphatic heterocycles. The van der Waals surface area contributed by atoms with Crippen LogP contribution in [-0.2, 0) is 5.41 Å². The van der Waals surface area contributed by atoms with Crippen LogP contribution in [0, 0.1) is 0 Å². The second-order valence-electron chi connectivity index (χ2n) is 17.1. The number of para-hydroxylation sites is 1. The van der Waals surface area contributed by atoms with E-state index < -0.39 is 5.41 Å². The summed E-state index contributed by atoms with van der Waals surface area (Å²) in [5.74, 6) is 0. The van der Waals surface area contributed by atoms with E-state index in [-0.39, 0.29) is 0 Å². The van der Waals surface area contributed by atoms with Crippen LogP contribution < -0.4 is 4.90 Å². The first-order valence-electron chi connectivity index (χ1n) is 22.4. The fourth-order valence-corrected chi connectivity index (χ4v) is 11.0. The second kappa shape index (κ2) is 14.8. The average molecular weight is 828 g/mol. The van der Waals surface area contributed by atoms with E-state index in [2.05, 4.69) is 254 Å². The first-order valence-corrected chi connectivity index (χ1v) is 22.4. The van der Waals surface area contributed by atoms with E-state index in [0.717, 1.165) is 50.1 Å². The van der Waals surface area contributed by atoms with E-state index >= 15 is 0 Å². The lowest BCUT2D eigenvalue weighted by molar-refractivity contribution is 0.669. The molecule has 0 bridgehead atoms. The number of furan rings is 1. The van der Waals surface area contributed by atoms with Gasteiger partial charge in [0.2, 0.25) is 0 Å². The van der Waals surface area contributed by atoms with Gasteiger partial charge in [-0.25, -0.2) is 0 Å². The summed E-state index contributed by atoms with van der Waals surface area (Å²) >= 11 is 0. The fraction of sp³-hybridized carbons (Fsp3) is 0.0159. The molecule has 304 valence electrons. The van der Waals surface area contributed by atoms with Crippen molar-refractivity contribution in [1.82, 2.24) is 0 Å². The van der Waals surface area contributed by atoms with Crippen LogP contribution in [-0.4, -0.2) is 0 Å². The molecule has 0 amide bonds. The van der Waals surface area contributed by atoms with Gasteiger partial charge < -0.3 is 9.32 Å². The fourth-order valence-electron chi connectivity index (χ4n) is 11.0. The van der Waals surface area contributed by atoms with E-state index in [1.807, 2.05) is 0 Å². The lowest BCUT2D eigenvalue weighted by Crippen LogP contribution is -2.28. The largest absolute Gasteiger partial charge is 0.456 e. The van der Waals surface area contributed by atoms with Crippen molar-refractivity contribution in [3.8, 4) is 33.4 Å². The summed E-state index contributed by atoms with van der Waals surface area (Å²) in [6, 6.07) is 90.9. The molecule has 65 heavy (non-hydrogen) atoms. The molecule has 0 radical (unpaired) electrons. The van der Waals surface area contributed by atoms with E-state index in [9.17, 15) is 0 Å². The van der Waals surface area contributed by atoms with E-state index in [1.54, 1.807) is 0 Å². The number of hydrogen-bond donors (Lipinski definition) is 0. The van der Waals surface area contributed by atoms with Crippen LogP contribution in [0.3, 0.4) is 0 Å². The van der Waals surface area contributed by atoms with Gasteiger partial charge in [-0.2, -0.15) is 0 Å². The Kier molecular flexibility index (Phi) is 8.47. The lowest BCUT2D eigenvalue weighted by atomic mass is 9.67. The molecule has 1 aromatic heterocycles. The molecule has 1 aliphatic carbocycles. The highest BCUT2D eigenvalue weighted by Gasteiger charge is 2.46. The highest BCUT2D eigenvalue weighted by Crippen LogP contribution is 2.58. The summed E-state index contributed by atoms with van der Waals surface area (Å²) in [5, 5.41) is 7.07. The monoisotopic (exact) mass is 827 g/mol. The van der Waals surface area contributed by atoms with Crippen LogP contribution >= 0.6 is 0 Å². The highest BCUT2D eigenvalue weighted by atomic mass is 16.3. The van der Waals surface area contributed by atoms with Crippen molar-refractivity contribution in [3.63, 3.8) is 0 Å². The molecule has 0 atom stereocenters. The minimum atomic E-state index is -0.558. The number of benzene rings is 11. The van der Waals surface area contributed by atoms with Crippen LogP contribution in [0.2, 0.25) is 0 Å². The number of nitrogens with zero attached hydrogens (tertiary/aromatic N) is 1. The first kappa shape index (κ1) is 37.1. The molecule has 2 nitrogen and oxygen atoms in total. The molecule has 2 heteroatoms. The zero-order valence-corrected chi connectivity index (χ0v) is 35.5. The van der Waals surface area contributed by atoms with Crippen molar-refractivity contribution in [2.75, 3.05) is 4.90 Å². The summed E-state index contributed by atoms with van der Waals surface area (Å²) in [4.78, 5) is 2.48. The maximum Gasteiger partial charge on any atom is 0.136 e. The first-order chi connectivity index (χ1) is 32.3. The Hall–Kier alpha value is -8.46. The topological polar surface area (TPSA) is 16.4 Å². The minimum Gasteiger partial charge on any atom is -0.456 e. The Morgan fingerprint density at radius 3 is 1.72 bits per heavy atom. The van der Waals surface area contributed by atoms with Gasteiger partial charge in [-0.1, -0.05) is 206 Å². The van der Waals surface area contributed by atoms with Crippen molar-refractivity contribution in [3.05, 3.63) is 271 Å². The Labute approximate surface area is 377 Å². The van der Waals surface area contributed by atoms with Gasteiger partial charge in [0.05, 0.1) is 11.1 Å². The SMILES string of the molecule is c1ccc(-c2ccc(N(c3ccc4c(c3)C(c3ccccc3)(c3ccccc3)c3ccccc3-4)c3ccc4oc5ccccc5c4c3-c3cccc4c3ccc3ccccc34)cc2)cc1. The molecule has 11 aromatic carbocycles. The van der Waals surface area contributed by atoms with Crippen LogP contribution in [0.15, 0.2) is 253 Å². The predicted octanol–water partition coefficient (Wildman–Crippen LogP) is 17.1. The summed E-state index contributed by atoms with van der Waals surface area (Å²) < 4.78 is 6.71. The number of fused-ring (bicyclic) bond motifs is 9. The Bertz CT molecular complexity index is 3720. The second-order valence-corrected chi connectivity index (χ2v) is 17.1. The van der Waals surface area contributed by atoms with Gasteiger partial charge in [0.1, 0.15) is 11.2 Å². The summed E-state index contributed by atoms with van der Waals surface area (Å²) in [7, 11) is 0. The molecule has 0 unspecified atom stereocenters. The zero-order valence-electron chi connectivity index (χ0n) is 35.5. The maximum absolute atomic E-state index is 6.71. The van der Waals surface area contributed by atoms with Crippen molar-refractivity contribution >= 4 is 60.5 Å². The Morgan fingerprint density at radius 2 is 0.938 bits per heavy atom. The minimum absolute atomic E-state index is 0.558. The summed E-state index contributed by atoms with van der Waals surface area (Å²) in [6.45, 7) is 0. The van der Waals surface area contributed by atoms with Gasteiger partial charge in [-0.15, -0.1) is 0 Å². The molecule has 0 N–H and O–H groups in total. The van der Waals surface area contributed by atoms with Crippen molar-refractivity contribution in [1.29, 1.82) is 0 Å². The number of anilines is 3. The van der Waals surface area contributed by atoms with E-state index in [4.69, 9.17) is 4.42 Å². The molecule has 0 saturated carbocycles. The van der Waals surface area contributed by atoms with Gasteiger partial charge in [0.25, 0.3) is 0 Å².